The van der Waals surface area contributed by atoms with Crippen molar-refractivity contribution in [1.82, 2.24) is 15.2 Å². The van der Waals surface area contributed by atoms with E-state index in [0.717, 1.165) is 37.2 Å². The highest BCUT2D eigenvalue weighted by Crippen LogP contribution is 2.41. The van der Waals surface area contributed by atoms with Crippen LogP contribution < -0.4 is 10.2 Å². The smallest absolute Gasteiger partial charge is 0.214 e. The molecule has 3 aromatic rings. The second kappa shape index (κ2) is 11.0. The van der Waals surface area contributed by atoms with Crippen LogP contribution in [0.5, 0.6) is 5.75 Å². The van der Waals surface area contributed by atoms with Gasteiger partial charge in [0.15, 0.2) is 0 Å². The molecule has 1 amide bonds. The molecule has 182 valence electrons. The van der Waals surface area contributed by atoms with Crippen molar-refractivity contribution in [1.29, 1.82) is 0 Å². The topological polar surface area (TPSA) is 68.7 Å². The molecular formula is C27H28ClFN4O2. The first-order valence-corrected chi connectivity index (χ1v) is 11.8. The lowest BCUT2D eigenvalue weighted by Crippen LogP contribution is -2.30. The third-order valence-electron chi connectivity index (χ3n) is 6.02. The van der Waals surface area contributed by atoms with Crippen LogP contribution in [0.2, 0.25) is 5.02 Å². The number of likely N-dealkylation sites (N-methyl/N-ethyl adjacent to an activating group) is 1. The molecule has 0 aliphatic carbocycles. The van der Waals surface area contributed by atoms with Gasteiger partial charge in [0.25, 0.3) is 0 Å². The predicted molar refractivity (Wildman–Crippen MR) is 139 cm³/mol. The molecular weight excluding hydrogens is 467 g/mol. The van der Waals surface area contributed by atoms with E-state index in [0.29, 0.717) is 46.1 Å². The number of benzene rings is 2. The molecule has 2 heterocycles. The van der Waals surface area contributed by atoms with Crippen LogP contribution in [0.1, 0.15) is 12.1 Å². The lowest BCUT2D eigenvalue weighted by molar-refractivity contribution is -0.107. The summed E-state index contributed by atoms with van der Waals surface area (Å²) in [7, 11) is 3.85. The summed E-state index contributed by atoms with van der Waals surface area (Å²) in [5.41, 5.74) is 4.40. The molecule has 6 nitrogen and oxygen atoms in total. The van der Waals surface area contributed by atoms with Crippen LogP contribution in [-0.2, 0) is 4.79 Å². The molecule has 0 fully saturated rings. The fourth-order valence-electron chi connectivity index (χ4n) is 4.11. The molecule has 35 heavy (non-hydrogen) atoms. The molecule has 2 aromatic carbocycles. The Morgan fingerprint density at radius 2 is 1.86 bits per heavy atom. The number of pyridine rings is 1. The Labute approximate surface area is 209 Å². The van der Waals surface area contributed by atoms with Gasteiger partial charge < -0.3 is 20.2 Å². The summed E-state index contributed by atoms with van der Waals surface area (Å²) in [6.07, 6.45) is 5.36. The highest BCUT2D eigenvalue weighted by Gasteiger charge is 2.18. The molecule has 0 unspecified atom stereocenters. The minimum absolute atomic E-state index is 0.0495. The quantitative estimate of drug-likeness (QED) is 0.440. The van der Waals surface area contributed by atoms with Crippen LogP contribution >= 0.6 is 11.6 Å². The van der Waals surface area contributed by atoms with E-state index in [-0.39, 0.29) is 5.75 Å². The minimum atomic E-state index is -0.479. The van der Waals surface area contributed by atoms with Crippen LogP contribution in [0.15, 0.2) is 54.7 Å². The Hall–Kier alpha value is -3.26. The van der Waals surface area contributed by atoms with Gasteiger partial charge in [0, 0.05) is 37.0 Å². The molecule has 0 spiro atoms. The van der Waals surface area contributed by atoms with Gasteiger partial charge in [0.05, 0.1) is 16.4 Å². The molecule has 0 radical (unpaired) electrons. The molecule has 1 aliphatic heterocycles. The number of nitrogens with one attached hydrogen (secondary N) is 1. The van der Waals surface area contributed by atoms with Gasteiger partial charge in [0.2, 0.25) is 6.41 Å². The number of carbonyl (C=O) groups is 1. The highest BCUT2D eigenvalue weighted by molar-refractivity contribution is 6.34. The lowest BCUT2D eigenvalue weighted by atomic mass is 9.95. The summed E-state index contributed by atoms with van der Waals surface area (Å²) in [4.78, 5) is 19.6. The van der Waals surface area contributed by atoms with E-state index >= 15 is 0 Å². The molecule has 0 atom stereocenters. The number of halogens is 2. The zero-order valence-electron chi connectivity index (χ0n) is 19.8. The van der Waals surface area contributed by atoms with Gasteiger partial charge in [-0.05, 0) is 80.2 Å². The Bertz CT molecular complexity index is 1260. The van der Waals surface area contributed by atoms with Crippen molar-refractivity contribution in [2.24, 2.45) is 0 Å². The van der Waals surface area contributed by atoms with Crippen molar-refractivity contribution in [2.45, 2.75) is 6.42 Å². The standard InChI is InChI=1S/C27H28ClFN4O2/c1-32(2)11-12-33(17-34)26-4-3-19(13-24(26)28)22-15-21(29)16-23(27(22)35)20-7-10-31-25(14-20)18-5-8-30-9-6-18/h3-5,7,10,13-17,30,35H,6,8-9,11-12H2,1-2H3. The van der Waals surface area contributed by atoms with Gasteiger partial charge in [-0.15, -0.1) is 0 Å². The number of anilines is 1. The minimum Gasteiger partial charge on any atom is -0.507 e. The van der Waals surface area contributed by atoms with Gasteiger partial charge in [-0.2, -0.15) is 0 Å². The van der Waals surface area contributed by atoms with Crippen LogP contribution in [0, 0.1) is 5.82 Å². The maximum Gasteiger partial charge on any atom is 0.214 e. The molecule has 0 saturated carbocycles. The summed E-state index contributed by atoms with van der Waals surface area (Å²) in [5, 5.41) is 14.8. The van der Waals surface area contributed by atoms with E-state index in [9.17, 15) is 14.3 Å². The normalized spacial score (nSPS) is 13.6. The van der Waals surface area contributed by atoms with Crippen molar-refractivity contribution < 1.29 is 14.3 Å². The Balaban J connectivity index is 1.70. The van der Waals surface area contributed by atoms with Crippen LogP contribution in [0.25, 0.3) is 27.8 Å². The highest BCUT2D eigenvalue weighted by atomic mass is 35.5. The average Bonchev–Trinajstić information content (AvgIpc) is 2.86. The number of hydrogen-bond donors (Lipinski definition) is 2. The zero-order chi connectivity index (χ0) is 24.9. The van der Waals surface area contributed by atoms with Crippen LogP contribution in [0.4, 0.5) is 10.1 Å². The SMILES string of the molecule is CN(C)CCN(C=O)c1ccc(-c2cc(F)cc(-c3ccnc(C4=CCNCC4)c3)c2O)cc1Cl. The molecule has 1 aromatic heterocycles. The van der Waals surface area contributed by atoms with E-state index in [4.69, 9.17) is 11.6 Å². The Morgan fingerprint density at radius 3 is 2.49 bits per heavy atom. The van der Waals surface area contributed by atoms with Gasteiger partial charge in [-0.1, -0.05) is 23.7 Å². The Kier molecular flexibility index (Phi) is 7.80. The summed E-state index contributed by atoms with van der Waals surface area (Å²) < 4.78 is 14.7. The number of phenols is 1. The fourth-order valence-corrected chi connectivity index (χ4v) is 4.40. The average molecular weight is 495 g/mol. The fraction of sp³-hybridized carbons (Fsp3) is 0.259. The monoisotopic (exact) mass is 494 g/mol. The van der Waals surface area contributed by atoms with Crippen LogP contribution in [0.3, 0.4) is 0 Å². The van der Waals surface area contributed by atoms with Gasteiger partial charge in [-0.25, -0.2) is 4.39 Å². The van der Waals surface area contributed by atoms with E-state index in [1.807, 2.05) is 25.1 Å². The third kappa shape index (κ3) is 5.70. The largest absolute Gasteiger partial charge is 0.507 e. The van der Waals surface area contributed by atoms with Gasteiger partial charge in [0.1, 0.15) is 11.6 Å². The van der Waals surface area contributed by atoms with E-state index < -0.39 is 5.82 Å². The number of phenolic OH excluding ortho intramolecular Hbond substituents is 1. The number of aromatic nitrogens is 1. The summed E-state index contributed by atoms with van der Waals surface area (Å²) >= 11 is 6.51. The number of carbonyl (C=O) groups excluding carboxylic acids is 1. The summed E-state index contributed by atoms with van der Waals surface area (Å²) in [6, 6.07) is 11.3. The van der Waals surface area contributed by atoms with Gasteiger partial charge in [-0.3, -0.25) is 9.78 Å². The van der Waals surface area contributed by atoms with Crippen molar-refractivity contribution >= 4 is 29.3 Å². The lowest BCUT2D eigenvalue weighted by Gasteiger charge is -2.21. The summed E-state index contributed by atoms with van der Waals surface area (Å²) in [5.74, 6) is -0.528. The second-order valence-electron chi connectivity index (χ2n) is 8.73. The molecule has 4 rings (SSSR count). The van der Waals surface area contributed by atoms with Crippen LogP contribution in [-0.4, -0.2) is 61.7 Å². The first kappa shape index (κ1) is 24.9. The van der Waals surface area contributed by atoms with Gasteiger partial charge >= 0.3 is 0 Å². The van der Waals surface area contributed by atoms with Crippen molar-refractivity contribution in [3.05, 3.63) is 71.3 Å². The predicted octanol–water partition coefficient (Wildman–Crippen LogP) is 4.81. The van der Waals surface area contributed by atoms with Crippen molar-refractivity contribution in [3.8, 4) is 28.0 Å². The first-order chi connectivity index (χ1) is 16.9. The molecule has 0 bridgehead atoms. The van der Waals surface area contributed by atoms with Crippen molar-refractivity contribution in [2.75, 3.05) is 45.2 Å². The molecule has 8 heteroatoms. The van der Waals surface area contributed by atoms with Crippen molar-refractivity contribution in [3.63, 3.8) is 0 Å². The maximum absolute atomic E-state index is 14.7. The molecule has 0 saturated heterocycles. The van der Waals surface area contributed by atoms with E-state index in [1.54, 1.807) is 30.5 Å². The van der Waals surface area contributed by atoms with E-state index in [2.05, 4.69) is 16.4 Å². The van der Waals surface area contributed by atoms with E-state index in [1.165, 1.54) is 17.0 Å². The second-order valence-corrected chi connectivity index (χ2v) is 9.14. The number of amides is 1. The number of aromatic hydroxyl groups is 1. The zero-order valence-corrected chi connectivity index (χ0v) is 20.5. The number of hydrogen-bond acceptors (Lipinski definition) is 5. The Morgan fingerprint density at radius 1 is 1.11 bits per heavy atom. The maximum atomic E-state index is 14.7. The number of rotatable bonds is 8. The molecule has 1 aliphatic rings. The molecule has 2 N–H and O–H groups in total. The first-order valence-electron chi connectivity index (χ1n) is 11.4. The number of nitrogens with zero attached hydrogens (tertiary/aromatic N) is 3. The summed E-state index contributed by atoms with van der Waals surface area (Å²) in [6.45, 7) is 2.80. The third-order valence-corrected chi connectivity index (χ3v) is 6.32.